The van der Waals surface area contributed by atoms with Crippen molar-refractivity contribution in [1.29, 1.82) is 0 Å². The SMILES string of the molecule is CCOC(=O)c1ccc2c(c1)C(C)(C)C(C)=[N+]2CC(=O)O. The Morgan fingerprint density at radius 2 is 2.00 bits per heavy atom. The molecule has 0 aromatic heterocycles. The molecule has 0 unspecified atom stereocenters. The maximum absolute atomic E-state index is 11.9. The van der Waals surface area contributed by atoms with Gasteiger partial charge in [0.15, 0.2) is 5.71 Å². The Morgan fingerprint density at radius 1 is 1.33 bits per heavy atom. The second kappa shape index (κ2) is 5.31. The van der Waals surface area contributed by atoms with Crippen LogP contribution < -0.4 is 0 Å². The average molecular weight is 290 g/mol. The number of carbonyl (C=O) groups is 2. The van der Waals surface area contributed by atoms with E-state index in [4.69, 9.17) is 9.84 Å². The zero-order valence-corrected chi connectivity index (χ0v) is 12.8. The predicted molar refractivity (Wildman–Crippen MR) is 78.5 cm³/mol. The molecule has 0 spiro atoms. The molecule has 2 rings (SSSR count). The van der Waals surface area contributed by atoms with Crippen LogP contribution in [-0.2, 0) is 14.9 Å². The molecule has 5 nitrogen and oxygen atoms in total. The first-order valence-electron chi connectivity index (χ1n) is 6.94. The Morgan fingerprint density at radius 3 is 2.57 bits per heavy atom. The average Bonchev–Trinajstić information content (AvgIpc) is 2.60. The van der Waals surface area contributed by atoms with Crippen molar-refractivity contribution < 1.29 is 24.0 Å². The lowest BCUT2D eigenvalue weighted by Crippen LogP contribution is -2.28. The molecule has 1 N–H and O–H groups in total. The molecule has 21 heavy (non-hydrogen) atoms. The fourth-order valence-corrected chi connectivity index (χ4v) is 2.67. The molecule has 1 heterocycles. The maximum atomic E-state index is 11.9. The Labute approximate surface area is 123 Å². The topological polar surface area (TPSA) is 66.6 Å². The van der Waals surface area contributed by atoms with Gasteiger partial charge in [0.1, 0.15) is 0 Å². The molecule has 5 heteroatoms. The molecule has 1 aliphatic rings. The van der Waals surface area contributed by atoms with E-state index in [1.807, 2.05) is 20.8 Å². The highest BCUT2D eigenvalue weighted by molar-refractivity contribution is 5.96. The van der Waals surface area contributed by atoms with E-state index < -0.39 is 5.97 Å². The molecule has 112 valence electrons. The first-order valence-corrected chi connectivity index (χ1v) is 6.94. The van der Waals surface area contributed by atoms with Crippen molar-refractivity contribution in [2.75, 3.05) is 13.2 Å². The molecule has 0 saturated heterocycles. The number of benzene rings is 1. The quantitative estimate of drug-likeness (QED) is 0.683. The van der Waals surface area contributed by atoms with Gasteiger partial charge in [-0.25, -0.2) is 9.59 Å². The number of hydrogen-bond donors (Lipinski definition) is 1. The fraction of sp³-hybridized carbons (Fsp3) is 0.438. The van der Waals surface area contributed by atoms with Crippen LogP contribution in [0.25, 0.3) is 0 Å². The highest BCUT2D eigenvalue weighted by atomic mass is 16.5. The first-order chi connectivity index (χ1) is 9.78. The fourth-order valence-electron chi connectivity index (χ4n) is 2.67. The molecule has 0 saturated carbocycles. The minimum absolute atomic E-state index is 0.0823. The third kappa shape index (κ3) is 2.55. The molecule has 1 aliphatic heterocycles. The van der Waals surface area contributed by atoms with Crippen LogP contribution in [0.5, 0.6) is 0 Å². The van der Waals surface area contributed by atoms with Gasteiger partial charge in [-0.15, -0.1) is 0 Å². The van der Waals surface area contributed by atoms with E-state index in [1.54, 1.807) is 29.7 Å². The number of nitrogens with zero attached hydrogens (tertiary/aromatic N) is 1. The van der Waals surface area contributed by atoms with E-state index in [9.17, 15) is 9.59 Å². The van der Waals surface area contributed by atoms with Crippen LogP contribution in [0.3, 0.4) is 0 Å². The van der Waals surface area contributed by atoms with Crippen LogP contribution in [0, 0.1) is 0 Å². The van der Waals surface area contributed by atoms with E-state index in [0.29, 0.717) is 12.2 Å². The summed E-state index contributed by atoms with van der Waals surface area (Å²) in [7, 11) is 0. The van der Waals surface area contributed by atoms with Crippen molar-refractivity contribution in [2.24, 2.45) is 0 Å². The molecule has 0 radical (unpaired) electrons. The minimum atomic E-state index is -0.882. The van der Waals surface area contributed by atoms with Gasteiger partial charge >= 0.3 is 11.9 Å². The lowest BCUT2D eigenvalue weighted by atomic mass is 9.81. The predicted octanol–water partition coefficient (Wildman–Crippen LogP) is 2.34. The maximum Gasteiger partial charge on any atom is 0.370 e. The number of aliphatic carboxylic acids is 1. The number of esters is 1. The third-order valence-corrected chi connectivity index (χ3v) is 4.07. The molecule has 0 amide bonds. The van der Waals surface area contributed by atoms with E-state index in [1.165, 1.54) is 0 Å². The van der Waals surface area contributed by atoms with Gasteiger partial charge < -0.3 is 9.84 Å². The highest BCUT2D eigenvalue weighted by Gasteiger charge is 2.44. The van der Waals surface area contributed by atoms with Crippen LogP contribution in [-0.4, -0.2) is 40.5 Å². The standard InChI is InChI=1S/C16H19NO4/c1-5-21-15(20)11-6-7-13-12(8-11)16(3,4)10(2)17(13)9-14(18)19/h6-8H,5,9H2,1-4H3/p+1. The van der Waals surface area contributed by atoms with Gasteiger partial charge in [-0.1, -0.05) is 0 Å². The number of ether oxygens (including phenoxy) is 1. The highest BCUT2D eigenvalue weighted by Crippen LogP contribution is 2.39. The molecule has 1 aromatic rings. The van der Waals surface area contributed by atoms with Crippen molar-refractivity contribution in [3.05, 3.63) is 29.3 Å². The van der Waals surface area contributed by atoms with Gasteiger partial charge in [-0.3, -0.25) is 0 Å². The van der Waals surface area contributed by atoms with Gasteiger partial charge in [-0.2, -0.15) is 4.58 Å². The number of fused-ring (bicyclic) bond motifs is 1. The van der Waals surface area contributed by atoms with Gasteiger partial charge in [0.2, 0.25) is 12.2 Å². The summed E-state index contributed by atoms with van der Waals surface area (Å²) in [6.07, 6.45) is 0. The van der Waals surface area contributed by atoms with Crippen LogP contribution in [0.15, 0.2) is 18.2 Å². The second-order valence-electron chi connectivity index (χ2n) is 5.64. The van der Waals surface area contributed by atoms with Crippen molar-refractivity contribution in [3.8, 4) is 0 Å². The van der Waals surface area contributed by atoms with Gasteiger partial charge in [0.25, 0.3) is 0 Å². The number of carbonyl (C=O) groups excluding carboxylic acids is 1. The summed E-state index contributed by atoms with van der Waals surface area (Å²) < 4.78 is 6.80. The van der Waals surface area contributed by atoms with E-state index in [0.717, 1.165) is 17.0 Å². The monoisotopic (exact) mass is 290 g/mol. The van der Waals surface area contributed by atoms with E-state index in [2.05, 4.69) is 0 Å². The molecular weight excluding hydrogens is 270 g/mol. The Kier molecular flexibility index (Phi) is 3.85. The number of carboxylic acid groups (broad SMARTS) is 1. The van der Waals surface area contributed by atoms with Crippen LogP contribution in [0.4, 0.5) is 5.69 Å². The zero-order valence-electron chi connectivity index (χ0n) is 12.8. The van der Waals surface area contributed by atoms with Gasteiger partial charge in [-0.05, 0) is 32.9 Å². The Balaban J connectivity index is 2.50. The van der Waals surface area contributed by atoms with E-state index >= 15 is 0 Å². The molecule has 0 aliphatic carbocycles. The van der Waals surface area contributed by atoms with Crippen molar-refractivity contribution >= 4 is 23.3 Å². The number of hydrogen-bond acceptors (Lipinski definition) is 3. The molecule has 0 fully saturated rings. The third-order valence-electron chi connectivity index (χ3n) is 4.07. The minimum Gasteiger partial charge on any atom is -0.477 e. The molecular formula is C16H20NO4+. The lowest BCUT2D eigenvalue weighted by molar-refractivity contribution is -0.429. The van der Waals surface area contributed by atoms with E-state index in [-0.39, 0.29) is 17.9 Å². The summed E-state index contributed by atoms with van der Waals surface area (Å²) >= 11 is 0. The zero-order chi connectivity index (χ0) is 15.8. The van der Waals surface area contributed by atoms with Gasteiger partial charge in [0, 0.05) is 18.6 Å². The summed E-state index contributed by atoms with van der Waals surface area (Å²) in [6, 6.07) is 5.28. The number of rotatable bonds is 4. The van der Waals surface area contributed by atoms with Crippen molar-refractivity contribution in [2.45, 2.75) is 33.1 Å². The molecule has 1 aromatic carbocycles. The lowest BCUT2D eigenvalue weighted by Gasteiger charge is -2.15. The van der Waals surface area contributed by atoms with Crippen molar-refractivity contribution in [1.82, 2.24) is 0 Å². The largest absolute Gasteiger partial charge is 0.477 e. The second-order valence-corrected chi connectivity index (χ2v) is 5.64. The summed E-state index contributed by atoms with van der Waals surface area (Å²) in [4.78, 5) is 22.9. The summed E-state index contributed by atoms with van der Waals surface area (Å²) in [5, 5.41) is 9.07. The van der Waals surface area contributed by atoms with Gasteiger partial charge in [0.05, 0.1) is 17.6 Å². The Bertz CT molecular complexity index is 644. The first kappa shape index (κ1) is 15.2. The summed E-state index contributed by atoms with van der Waals surface area (Å²) in [5.74, 6) is -1.24. The van der Waals surface area contributed by atoms with Crippen LogP contribution in [0.1, 0.15) is 43.6 Å². The van der Waals surface area contributed by atoms with Crippen LogP contribution in [0.2, 0.25) is 0 Å². The normalized spacial score (nSPS) is 15.8. The van der Waals surface area contributed by atoms with Crippen LogP contribution >= 0.6 is 0 Å². The molecule has 0 atom stereocenters. The number of carboxylic acids is 1. The smallest absolute Gasteiger partial charge is 0.370 e. The Hall–Kier alpha value is -2.17. The summed E-state index contributed by atoms with van der Waals surface area (Å²) in [6.45, 7) is 7.99. The van der Waals surface area contributed by atoms with Crippen molar-refractivity contribution in [3.63, 3.8) is 0 Å². The molecule has 0 bridgehead atoms. The summed E-state index contributed by atoms with van der Waals surface area (Å²) in [5.41, 5.74) is 2.93.